The Morgan fingerprint density at radius 3 is 1.22 bits per heavy atom. The Balaban J connectivity index is 4.53. The molecule has 0 amide bonds. The maximum atomic E-state index is 12.8. The Morgan fingerprint density at radius 2 is 0.714 bits per heavy atom. The first-order chi connectivity index (χ1) is 31.0. The molecule has 0 fully saturated rings. The van der Waals surface area contributed by atoms with Crippen LogP contribution >= 0.6 is 0 Å². The van der Waals surface area contributed by atoms with E-state index in [1.165, 1.54) is 77.0 Å². The Hall–Kier alpha value is -3.93. The van der Waals surface area contributed by atoms with Crippen molar-refractivity contribution in [1.82, 2.24) is 0 Å². The van der Waals surface area contributed by atoms with E-state index in [1.807, 2.05) is 12.2 Å². The van der Waals surface area contributed by atoms with Crippen molar-refractivity contribution in [3.8, 4) is 0 Å². The van der Waals surface area contributed by atoms with E-state index >= 15 is 0 Å². The third kappa shape index (κ3) is 49.0. The van der Waals surface area contributed by atoms with Crippen molar-refractivity contribution in [2.75, 3.05) is 13.2 Å². The fourth-order valence-corrected chi connectivity index (χ4v) is 6.44. The fraction of sp³-hybridized carbons (Fsp3) is 0.632. The molecule has 0 aliphatic heterocycles. The number of esters is 3. The largest absolute Gasteiger partial charge is 0.462 e. The number of carbonyl (C=O) groups excluding carboxylic acids is 3. The van der Waals surface area contributed by atoms with Crippen LogP contribution in [-0.2, 0) is 28.6 Å². The summed E-state index contributed by atoms with van der Waals surface area (Å²) in [5.74, 6) is -1.04. The van der Waals surface area contributed by atoms with Gasteiger partial charge in [-0.05, 0) is 103 Å². The SMILES string of the molecule is CC/C=C\C/C=C\C/C=C\C/C=C\C/C=C\C/C=C\CCC(=O)OCC(COC(=O)CCCCC/C=C\C=C/CCCC)OC(=O)CCCCCCCCC/C=C\CCCCCC. The van der Waals surface area contributed by atoms with Crippen molar-refractivity contribution in [3.05, 3.63) is 109 Å². The van der Waals surface area contributed by atoms with Crippen LogP contribution in [0.4, 0.5) is 0 Å². The molecule has 1 atom stereocenters. The molecule has 6 nitrogen and oxygen atoms in total. The average molecular weight is 873 g/mol. The van der Waals surface area contributed by atoms with E-state index in [0.29, 0.717) is 19.3 Å². The zero-order chi connectivity index (χ0) is 45.8. The van der Waals surface area contributed by atoms with Gasteiger partial charge in [0.05, 0.1) is 0 Å². The summed E-state index contributed by atoms with van der Waals surface area (Å²) in [5, 5.41) is 0. The van der Waals surface area contributed by atoms with Gasteiger partial charge in [-0.3, -0.25) is 14.4 Å². The van der Waals surface area contributed by atoms with Crippen molar-refractivity contribution in [2.24, 2.45) is 0 Å². The lowest BCUT2D eigenvalue weighted by Gasteiger charge is -2.18. The molecule has 0 rings (SSSR count). The lowest BCUT2D eigenvalue weighted by Crippen LogP contribution is -2.30. The van der Waals surface area contributed by atoms with Gasteiger partial charge in [0.25, 0.3) is 0 Å². The number of allylic oxidation sites excluding steroid dienone is 18. The van der Waals surface area contributed by atoms with Crippen LogP contribution in [0.3, 0.4) is 0 Å². The second-order valence-corrected chi connectivity index (χ2v) is 16.4. The number of hydrogen-bond acceptors (Lipinski definition) is 6. The second-order valence-electron chi connectivity index (χ2n) is 16.4. The highest BCUT2D eigenvalue weighted by Crippen LogP contribution is 2.13. The van der Waals surface area contributed by atoms with Crippen LogP contribution < -0.4 is 0 Å². The molecule has 0 aromatic rings. The number of carbonyl (C=O) groups is 3. The van der Waals surface area contributed by atoms with Crippen LogP contribution in [0, 0.1) is 0 Å². The van der Waals surface area contributed by atoms with Crippen molar-refractivity contribution in [2.45, 2.75) is 219 Å². The minimum atomic E-state index is -0.822. The molecule has 0 heterocycles. The second kappa shape index (κ2) is 50.7. The van der Waals surface area contributed by atoms with Crippen LogP contribution in [-0.4, -0.2) is 37.2 Å². The number of unbranched alkanes of at least 4 members (excludes halogenated alkanes) is 16. The van der Waals surface area contributed by atoms with Gasteiger partial charge in [-0.25, -0.2) is 0 Å². The number of hydrogen-bond donors (Lipinski definition) is 0. The van der Waals surface area contributed by atoms with Gasteiger partial charge in [0.15, 0.2) is 6.10 Å². The van der Waals surface area contributed by atoms with Gasteiger partial charge >= 0.3 is 17.9 Å². The van der Waals surface area contributed by atoms with Gasteiger partial charge in [0.2, 0.25) is 0 Å². The minimum absolute atomic E-state index is 0.119. The van der Waals surface area contributed by atoms with Crippen LogP contribution in [0.1, 0.15) is 213 Å². The zero-order valence-electron chi connectivity index (χ0n) is 40.5. The molecular weight excluding hydrogens is 781 g/mol. The Labute approximate surface area is 387 Å². The van der Waals surface area contributed by atoms with Crippen LogP contribution in [0.15, 0.2) is 109 Å². The summed E-state index contributed by atoms with van der Waals surface area (Å²) in [6, 6.07) is 0. The third-order valence-electron chi connectivity index (χ3n) is 10.3. The first-order valence-electron chi connectivity index (χ1n) is 25.4. The van der Waals surface area contributed by atoms with Gasteiger partial charge in [-0.1, -0.05) is 201 Å². The van der Waals surface area contributed by atoms with Crippen molar-refractivity contribution in [3.63, 3.8) is 0 Å². The van der Waals surface area contributed by atoms with Crippen molar-refractivity contribution < 1.29 is 28.6 Å². The Kier molecular flexibility index (Phi) is 47.5. The highest BCUT2D eigenvalue weighted by Gasteiger charge is 2.19. The summed E-state index contributed by atoms with van der Waals surface area (Å²) in [4.78, 5) is 37.9. The predicted octanol–water partition coefficient (Wildman–Crippen LogP) is 16.8. The summed E-state index contributed by atoms with van der Waals surface area (Å²) in [5.41, 5.74) is 0. The molecule has 0 aliphatic rings. The smallest absolute Gasteiger partial charge is 0.306 e. The lowest BCUT2D eigenvalue weighted by molar-refractivity contribution is -0.166. The Morgan fingerprint density at radius 1 is 0.349 bits per heavy atom. The molecule has 0 aromatic heterocycles. The predicted molar refractivity (Wildman–Crippen MR) is 270 cm³/mol. The molecule has 1 unspecified atom stereocenters. The van der Waals surface area contributed by atoms with Crippen LogP contribution in [0.2, 0.25) is 0 Å². The highest BCUT2D eigenvalue weighted by atomic mass is 16.6. The standard InChI is InChI=1S/C57H92O6/c1-4-7-10-13-16-19-22-24-26-27-28-29-31-32-35-38-41-44-47-50-56(59)62-53-54(52-61-55(58)49-46-43-40-37-34-21-18-15-12-9-6-3)63-57(60)51-48-45-42-39-36-33-30-25-23-20-17-14-11-8-5-2/h7,10,15-16,18-21,23-24,26,28-29,32,34-35,41,44,54H,4-6,8-9,11-14,17,22,25,27,30-31,33,36-40,42-43,45-53H2,1-3H3/b10-7-,18-15-,19-16-,23-20-,26-24-,29-28-,34-21-,35-32-,44-41-. The van der Waals surface area contributed by atoms with Gasteiger partial charge in [-0.15, -0.1) is 0 Å². The van der Waals surface area contributed by atoms with Gasteiger partial charge < -0.3 is 14.2 Å². The molecule has 0 saturated carbocycles. The maximum absolute atomic E-state index is 12.8. The summed E-state index contributed by atoms with van der Waals surface area (Å²) >= 11 is 0. The molecular formula is C57H92O6. The van der Waals surface area contributed by atoms with E-state index in [4.69, 9.17) is 14.2 Å². The van der Waals surface area contributed by atoms with Crippen LogP contribution in [0.25, 0.3) is 0 Å². The molecule has 0 N–H and O–H groups in total. The molecule has 356 valence electrons. The average Bonchev–Trinajstić information content (AvgIpc) is 3.28. The van der Waals surface area contributed by atoms with E-state index in [2.05, 4.69) is 118 Å². The van der Waals surface area contributed by atoms with E-state index < -0.39 is 6.10 Å². The van der Waals surface area contributed by atoms with E-state index in [0.717, 1.165) is 89.9 Å². The summed E-state index contributed by atoms with van der Waals surface area (Å²) in [6.45, 7) is 6.35. The number of ether oxygens (including phenoxy) is 3. The summed E-state index contributed by atoms with van der Waals surface area (Å²) < 4.78 is 16.7. The van der Waals surface area contributed by atoms with Crippen molar-refractivity contribution >= 4 is 17.9 Å². The van der Waals surface area contributed by atoms with Gasteiger partial charge in [0.1, 0.15) is 13.2 Å². The Bertz CT molecular complexity index is 1330. The highest BCUT2D eigenvalue weighted by molar-refractivity contribution is 5.71. The van der Waals surface area contributed by atoms with Crippen LogP contribution in [0.5, 0.6) is 0 Å². The maximum Gasteiger partial charge on any atom is 0.306 e. The molecule has 0 aliphatic carbocycles. The van der Waals surface area contributed by atoms with Crippen molar-refractivity contribution in [1.29, 1.82) is 0 Å². The molecule has 6 heteroatoms. The topological polar surface area (TPSA) is 78.9 Å². The fourth-order valence-electron chi connectivity index (χ4n) is 6.44. The summed E-state index contributed by atoms with van der Waals surface area (Å²) in [7, 11) is 0. The monoisotopic (exact) mass is 873 g/mol. The quantitative estimate of drug-likeness (QED) is 0.0199. The first-order valence-corrected chi connectivity index (χ1v) is 25.4. The molecule has 0 aromatic carbocycles. The van der Waals surface area contributed by atoms with E-state index in [-0.39, 0.29) is 37.5 Å². The molecule has 0 spiro atoms. The minimum Gasteiger partial charge on any atom is -0.462 e. The zero-order valence-corrected chi connectivity index (χ0v) is 40.5. The molecule has 0 bridgehead atoms. The normalized spacial score (nSPS) is 13.0. The number of rotatable bonds is 44. The molecule has 0 saturated heterocycles. The van der Waals surface area contributed by atoms with E-state index in [1.54, 1.807) is 0 Å². The third-order valence-corrected chi connectivity index (χ3v) is 10.3. The van der Waals surface area contributed by atoms with E-state index in [9.17, 15) is 14.4 Å². The van der Waals surface area contributed by atoms with Gasteiger partial charge in [-0.2, -0.15) is 0 Å². The first kappa shape index (κ1) is 59.1. The van der Waals surface area contributed by atoms with Gasteiger partial charge in [0, 0.05) is 19.3 Å². The summed E-state index contributed by atoms with van der Waals surface area (Å²) in [6.07, 6.45) is 68.0. The molecule has 63 heavy (non-hydrogen) atoms. The molecule has 0 radical (unpaired) electrons. The lowest BCUT2D eigenvalue weighted by atomic mass is 10.1.